The number of piperidine rings is 1. The summed E-state index contributed by atoms with van der Waals surface area (Å²) < 4.78 is 5.31. The monoisotopic (exact) mass is 200 g/mol. The number of methoxy groups -OCH3 is 1. The number of nitrogens with two attached hydrogens (primary N) is 1. The molecule has 0 aromatic rings. The first-order chi connectivity index (χ1) is 6.54. The summed E-state index contributed by atoms with van der Waals surface area (Å²) in [5.41, 5.74) is 6.10. The van der Waals surface area contributed by atoms with Gasteiger partial charge in [-0.25, -0.2) is 0 Å². The quantitative estimate of drug-likeness (QED) is 0.741. The molecule has 1 aliphatic heterocycles. The van der Waals surface area contributed by atoms with Crippen LogP contribution in [-0.2, 0) is 4.74 Å². The van der Waals surface area contributed by atoms with E-state index < -0.39 is 0 Å². The first-order valence-electron chi connectivity index (χ1n) is 5.45. The van der Waals surface area contributed by atoms with Crippen molar-refractivity contribution in [2.75, 3.05) is 27.3 Å². The van der Waals surface area contributed by atoms with E-state index in [1.165, 1.54) is 0 Å². The normalized spacial score (nSPS) is 40.1. The molecule has 2 unspecified atom stereocenters. The third-order valence-corrected chi connectivity index (χ3v) is 3.73. The van der Waals surface area contributed by atoms with E-state index in [4.69, 9.17) is 10.5 Å². The summed E-state index contributed by atoms with van der Waals surface area (Å²) in [5.74, 6) is 0. The summed E-state index contributed by atoms with van der Waals surface area (Å²) >= 11 is 0. The van der Waals surface area contributed by atoms with Gasteiger partial charge >= 0.3 is 0 Å². The van der Waals surface area contributed by atoms with Crippen LogP contribution in [0.5, 0.6) is 0 Å². The Hall–Kier alpha value is -0.120. The molecule has 1 heterocycles. The molecule has 0 aliphatic carbocycles. The molecule has 1 fully saturated rings. The molecule has 1 saturated heterocycles. The van der Waals surface area contributed by atoms with E-state index in [2.05, 4.69) is 25.8 Å². The number of nitrogens with zero attached hydrogens (tertiary/aromatic N) is 1. The Balaban J connectivity index is 2.70. The van der Waals surface area contributed by atoms with Gasteiger partial charge in [0.2, 0.25) is 0 Å². The highest BCUT2D eigenvalue weighted by molar-refractivity contribution is 4.93. The Kier molecular flexibility index (Phi) is 3.93. The van der Waals surface area contributed by atoms with Crippen LogP contribution in [0.15, 0.2) is 0 Å². The number of likely N-dealkylation sites (tertiary alicyclic amines) is 1. The van der Waals surface area contributed by atoms with Gasteiger partial charge in [-0.15, -0.1) is 0 Å². The van der Waals surface area contributed by atoms with Crippen LogP contribution < -0.4 is 5.73 Å². The molecule has 2 N–H and O–H groups in total. The van der Waals surface area contributed by atoms with Crippen LogP contribution in [0.4, 0.5) is 0 Å². The van der Waals surface area contributed by atoms with Gasteiger partial charge in [0, 0.05) is 31.2 Å². The fraction of sp³-hybridized carbons (Fsp3) is 1.00. The molecule has 0 amide bonds. The van der Waals surface area contributed by atoms with Gasteiger partial charge in [-0.1, -0.05) is 0 Å². The predicted molar refractivity (Wildman–Crippen MR) is 59.3 cm³/mol. The van der Waals surface area contributed by atoms with Crippen molar-refractivity contribution in [2.45, 2.75) is 38.8 Å². The van der Waals surface area contributed by atoms with Crippen LogP contribution in [0.2, 0.25) is 0 Å². The lowest BCUT2D eigenvalue weighted by Gasteiger charge is -2.47. The Bertz CT molecular complexity index is 172. The maximum Gasteiger partial charge on any atom is 0.0531 e. The topological polar surface area (TPSA) is 38.5 Å². The molecular weight excluding hydrogens is 176 g/mol. The van der Waals surface area contributed by atoms with Crippen molar-refractivity contribution in [3.05, 3.63) is 0 Å². The molecule has 0 aromatic carbocycles. The highest BCUT2D eigenvalue weighted by Gasteiger charge is 2.39. The molecule has 3 nitrogen and oxygen atoms in total. The number of hydrogen-bond donors (Lipinski definition) is 1. The van der Waals surface area contributed by atoms with Crippen LogP contribution in [-0.4, -0.2) is 44.3 Å². The molecule has 0 spiro atoms. The van der Waals surface area contributed by atoms with Crippen molar-refractivity contribution in [1.82, 2.24) is 4.90 Å². The highest BCUT2D eigenvalue weighted by Crippen LogP contribution is 2.36. The van der Waals surface area contributed by atoms with Gasteiger partial charge in [0.25, 0.3) is 0 Å². The highest BCUT2D eigenvalue weighted by atomic mass is 16.5. The minimum absolute atomic E-state index is 0.208. The Morgan fingerprint density at radius 3 is 2.21 bits per heavy atom. The van der Waals surface area contributed by atoms with Crippen LogP contribution in [0.25, 0.3) is 0 Å². The molecule has 1 rings (SSSR count). The summed E-state index contributed by atoms with van der Waals surface area (Å²) in [5, 5.41) is 0. The lowest BCUT2D eigenvalue weighted by atomic mass is 9.73. The number of ether oxygens (including phenoxy) is 1. The van der Waals surface area contributed by atoms with E-state index in [0.29, 0.717) is 12.1 Å². The minimum Gasteiger partial charge on any atom is -0.384 e. The largest absolute Gasteiger partial charge is 0.384 e. The zero-order valence-corrected chi connectivity index (χ0v) is 9.92. The van der Waals surface area contributed by atoms with Gasteiger partial charge in [-0.05, 0) is 33.7 Å². The molecule has 1 aliphatic rings. The Morgan fingerprint density at radius 2 is 1.86 bits per heavy atom. The summed E-state index contributed by atoms with van der Waals surface area (Å²) in [6, 6.07) is 1.22. The second-order valence-corrected chi connectivity index (χ2v) is 4.91. The summed E-state index contributed by atoms with van der Waals surface area (Å²) in [6.45, 7) is 6.08. The van der Waals surface area contributed by atoms with Gasteiger partial charge in [0.05, 0.1) is 6.61 Å². The zero-order valence-electron chi connectivity index (χ0n) is 9.92. The summed E-state index contributed by atoms with van der Waals surface area (Å²) in [4.78, 5) is 2.43. The Morgan fingerprint density at radius 1 is 1.36 bits per heavy atom. The molecule has 0 saturated carbocycles. The summed E-state index contributed by atoms with van der Waals surface area (Å²) in [6.07, 6.45) is 2.30. The second kappa shape index (κ2) is 4.60. The summed E-state index contributed by atoms with van der Waals surface area (Å²) in [7, 11) is 3.97. The second-order valence-electron chi connectivity index (χ2n) is 4.91. The first-order valence-corrected chi connectivity index (χ1v) is 5.45. The van der Waals surface area contributed by atoms with Crippen LogP contribution >= 0.6 is 0 Å². The minimum atomic E-state index is 0.208. The third kappa shape index (κ3) is 2.27. The molecular formula is C11H24N2O. The van der Waals surface area contributed by atoms with E-state index in [-0.39, 0.29) is 5.41 Å². The Labute approximate surface area is 87.6 Å². The number of hydrogen-bond acceptors (Lipinski definition) is 3. The molecule has 2 atom stereocenters. The van der Waals surface area contributed by atoms with Crippen LogP contribution in [0.3, 0.4) is 0 Å². The van der Waals surface area contributed by atoms with Gasteiger partial charge in [0.1, 0.15) is 0 Å². The van der Waals surface area contributed by atoms with Crippen molar-refractivity contribution in [3.63, 3.8) is 0 Å². The van der Waals surface area contributed by atoms with E-state index in [1.807, 2.05) is 0 Å². The van der Waals surface area contributed by atoms with Gasteiger partial charge in [-0.3, -0.25) is 0 Å². The molecule has 0 aromatic heterocycles. The van der Waals surface area contributed by atoms with E-state index in [1.54, 1.807) is 7.11 Å². The average molecular weight is 200 g/mol. The van der Waals surface area contributed by atoms with Crippen molar-refractivity contribution in [3.8, 4) is 0 Å². The van der Waals surface area contributed by atoms with Crippen molar-refractivity contribution >= 4 is 0 Å². The maximum absolute atomic E-state index is 5.90. The van der Waals surface area contributed by atoms with E-state index in [0.717, 1.165) is 26.0 Å². The predicted octanol–water partition coefficient (Wildman–Crippen LogP) is 1.08. The van der Waals surface area contributed by atoms with E-state index >= 15 is 0 Å². The van der Waals surface area contributed by atoms with Gasteiger partial charge in [0.15, 0.2) is 0 Å². The average Bonchev–Trinajstić information content (AvgIpc) is 2.15. The smallest absolute Gasteiger partial charge is 0.0531 e. The standard InChI is InChI=1S/C11H24N2O/c1-9-5-11(7-12,8-14-4)6-10(2)13(9)3/h9-10H,5-8,12H2,1-4H3. The maximum atomic E-state index is 5.90. The molecule has 0 bridgehead atoms. The number of rotatable bonds is 3. The first kappa shape index (κ1) is 12.0. The molecule has 14 heavy (non-hydrogen) atoms. The fourth-order valence-electron chi connectivity index (χ4n) is 2.71. The van der Waals surface area contributed by atoms with Crippen molar-refractivity contribution < 1.29 is 4.74 Å². The lowest BCUT2D eigenvalue weighted by Crippen LogP contribution is -2.52. The van der Waals surface area contributed by atoms with E-state index in [9.17, 15) is 0 Å². The fourth-order valence-corrected chi connectivity index (χ4v) is 2.71. The van der Waals surface area contributed by atoms with Crippen molar-refractivity contribution in [1.29, 1.82) is 0 Å². The molecule has 84 valence electrons. The van der Waals surface area contributed by atoms with Crippen LogP contribution in [0.1, 0.15) is 26.7 Å². The lowest BCUT2D eigenvalue weighted by molar-refractivity contribution is -0.0134. The van der Waals surface area contributed by atoms with Crippen molar-refractivity contribution in [2.24, 2.45) is 11.1 Å². The molecule has 0 radical (unpaired) electrons. The zero-order chi connectivity index (χ0) is 10.8. The van der Waals surface area contributed by atoms with Gasteiger partial charge in [-0.2, -0.15) is 0 Å². The third-order valence-electron chi connectivity index (χ3n) is 3.73. The molecule has 3 heteroatoms. The SMILES string of the molecule is COCC1(CN)CC(C)N(C)C(C)C1. The van der Waals surface area contributed by atoms with Crippen LogP contribution in [0, 0.1) is 5.41 Å². The van der Waals surface area contributed by atoms with Gasteiger partial charge < -0.3 is 15.4 Å².